The molecule has 7 heteroatoms. The predicted molar refractivity (Wildman–Crippen MR) is 89.1 cm³/mol. The summed E-state index contributed by atoms with van der Waals surface area (Å²) in [5, 5.41) is 6.68. The molecule has 0 radical (unpaired) electrons. The van der Waals surface area contributed by atoms with Crippen LogP contribution in [0.25, 0.3) is 0 Å². The van der Waals surface area contributed by atoms with Crippen LogP contribution in [0.5, 0.6) is 5.75 Å². The van der Waals surface area contributed by atoms with E-state index in [0.717, 1.165) is 5.76 Å². The molecule has 2 aromatic heterocycles. The lowest BCUT2D eigenvalue weighted by Gasteiger charge is -2.14. The number of para-hydroxylation sites is 1. The number of furan rings is 1. The van der Waals surface area contributed by atoms with E-state index in [1.165, 1.54) is 0 Å². The number of hydrogen-bond donors (Lipinski definition) is 1. The monoisotopic (exact) mass is 341 g/mol. The highest BCUT2D eigenvalue weighted by atomic mass is 16.5. The molecule has 0 aliphatic rings. The van der Waals surface area contributed by atoms with Crippen molar-refractivity contribution in [3.05, 3.63) is 65.2 Å². The summed E-state index contributed by atoms with van der Waals surface area (Å²) in [4.78, 5) is 16.7. The van der Waals surface area contributed by atoms with Crippen LogP contribution in [-0.4, -0.2) is 16.0 Å². The van der Waals surface area contributed by atoms with Crippen LogP contribution in [0.15, 0.2) is 45.3 Å². The zero-order valence-corrected chi connectivity index (χ0v) is 14.3. The van der Waals surface area contributed by atoms with Gasteiger partial charge < -0.3 is 19.0 Å². The van der Waals surface area contributed by atoms with E-state index in [2.05, 4.69) is 15.5 Å². The van der Waals surface area contributed by atoms with Crippen LogP contribution in [0, 0.1) is 13.8 Å². The molecule has 1 unspecified atom stereocenters. The Morgan fingerprint density at radius 1 is 1.24 bits per heavy atom. The van der Waals surface area contributed by atoms with Crippen LogP contribution in [0.4, 0.5) is 0 Å². The number of benzene rings is 1. The zero-order valence-electron chi connectivity index (χ0n) is 14.3. The van der Waals surface area contributed by atoms with Crippen molar-refractivity contribution in [2.45, 2.75) is 33.4 Å². The number of aryl methyl sites for hydroxylation is 2. The van der Waals surface area contributed by atoms with Gasteiger partial charge in [0.1, 0.15) is 17.3 Å². The molecule has 0 saturated heterocycles. The van der Waals surface area contributed by atoms with Crippen molar-refractivity contribution in [3.8, 4) is 5.75 Å². The molecule has 0 spiro atoms. The molecule has 1 amide bonds. The number of rotatable bonds is 6. The maximum absolute atomic E-state index is 12.6. The molecule has 0 saturated carbocycles. The molecule has 1 N–H and O–H groups in total. The number of aromatic nitrogens is 2. The molecule has 3 rings (SSSR count). The van der Waals surface area contributed by atoms with Crippen molar-refractivity contribution in [1.82, 2.24) is 15.5 Å². The van der Waals surface area contributed by atoms with Gasteiger partial charge in [-0.05, 0) is 38.1 Å². The number of nitrogens with zero attached hydrogens (tertiary/aromatic N) is 2. The number of hydrogen-bond acceptors (Lipinski definition) is 6. The normalized spacial score (nSPS) is 12.0. The second-order valence-corrected chi connectivity index (χ2v) is 5.66. The molecule has 0 fully saturated rings. The van der Waals surface area contributed by atoms with Crippen LogP contribution < -0.4 is 10.1 Å². The number of amides is 1. The van der Waals surface area contributed by atoms with Gasteiger partial charge in [-0.15, -0.1) is 0 Å². The molecule has 0 aliphatic carbocycles. The Bertz CT molecular complexity index is 869. The molecule has 25 heavy (non-hydrogen) atoms. The summed E-state index contributed by atoms with van der Waals surface area (Å²) < 4.78 is 16.1. The SMILES string of the molecule is Cc1ccc(C(C)NC(=O)c2ccccc2OCc2noc(C)n2)o1. The molecule has 0 aliphatic heterocycles. The van der Waals surface area contributed by atoms with Gasteiger partial charge in [0.2, 0.25) is 11.7 Å². The van der Waals surface area contributed by atoms with E-state index in [0.29, 0.717) is 28.8 Å². The lowest BCUT2D eigenvalue weighted by atomic mass is 10.1. The third-order valence-corrected chi connectivity index (χ3v) is 3.59. The van der Waals surface area contributed by atoms with Crippen molar-refractivity contribution >= 4 is 5.91 Å². The highest BCUT2D eigenvalue weighted by Crippen LogP contribution is 2.21. The van der Waals surface area contributed by atoms with Crippen LogP contribution in [0.1, 0.15) is 46.6 Å². The lowest BCUT2D eigenvalue weighted by Crippen LogP contribution is -2.26. The highest BCUT2D eigenvalue weighted by molar-refractivity contribution is 5.97. The second kappa shape index (κ2) is 7.21. The van der Waals surface area contributed by atoms with E-state index in [9.17, 15) is 4.79 Å². The Labute approximate surface area is 145 Å². The highest BCUT2D eigenvalue weighted by Gasteiger charge is 2.17. The van der Waals surface area contributed by atoms with Gasteiger partial charge in [-0.25, -0.2) is 0 Å². The molecule has 3 aromatic rings. The van der Waals surface area contributed by atoms with Gasteiger partial charge in [-0.2, -0.15) is 4.98 Å². The van der Waals surface area contributed by atoms with Crippen molar-refractivity contribution in [2.75, 3.05) is 0 Å². The molecule has 130 valence electrons. The van der Waals surface area contributed by atoms with Gasteiger partial charge >= 0.3 is 0 Å². The van der Waals surface area contributed by atoms with E-state index in [1.54, 1.807) is 31.2 Å². The standard InChI is InChI=1S/C18H19N3O4/c1-11-8-9-15(24-11)12(2)19-18(22)14-6-4-5-7-16(14)23-10-17-20-13(3)25-21-17/h4-9,12H,10H2,1-3H3,(H,19,22). The van der Waals surface area contributed by atoms with Crippen LogP contribution >= 0.6 is 0 Å². The van der Waals surface area contributed by atoms with Gasteiger partial charge in [0, 0.05) is 6.92 Å². The Kier molecular flexibility index (Phi) is 4.83. The van der Waals surface area contributed by atoms with Gasteiger partial charge in [0.15, 0.2) is 6.61 Å². The molecular formula is C18H19N3O4. The van der Waals surface area contributed by atoms with Crippen molar-refractivity contribution in [3.63, 3.8) is 0 Å². The van der Waals surface area contributed by atoms with Crippen LogP contribution in [-0.2, 0) is 6.61 Å². The van der Waals surface area contributed by atoms with Gasteiger partial charge in [0.25, 0.3) is 5.91 Å². The fourth-order valence-corrected chi connectivity index (χ4v) is 2.35. The van der Waals surface area contributed by atoms with Crippen molar-refractivity contribution in [2.24, 2.45) is 0 Å². The first kappa shape index (κ1) is 16.8. The van der Waals surface area contributed by atoms with E-state index in [1.807, 2.05) is 26.0 Å². The number of carbonyl (C=O) groups excluding carboxylic acids is 1. The summed E-state index contributed by atoms with van der Waals surface area (Å²) >= 11 is 0. The molecule has 2 heterocycles. The largest absolute Gasteiger partial charge is 0.485 e. The summed E-state index contributed by atoms with van der Waals surface area (Å²) in [5.41, 5.74) is 0.429. The predicted octanol–water partition coefficient (Wildman–Crippen LogP) is 3.35. The first-order valence-corrected chi connectivity index (χ1v) is 7.91. The topological polar surface area (TPSA) is 90.4 Å². The van der Waals surface area contributed by atoms with Gasteiger partial charge in [-0.1, -0.05) is 17.3 Å². The summed E-state index contributed by atoms with van der Waals surface area (Å²) in [6.07, 6.45) is 0. The minimum Gasteiger partial charge on any atom is -0.485 e. The molecule has 1 atom stereocenters. The quantitative estimate of drug-likeness (QED) is 0.739. The number of ether oxygens (including phenoxy) is 1. The zero-order chi connectivity index (χ0) is 17.8. The van der Waals surface area contributed by atoms with Crippen molar-refractivity contribution in [1.29, 1.82) is 0 Å². The van der Waals surface area contributed by atoms with E-state index >= 15 is 0 Å². The summed E-state index contributed by atoms with van der Waals surface area (Å²) in [5.74, 6) is 2.59. The van der Waals surface area contributed by atoms with Crippen LogP contribution in [0.3, 0.4) is 0 Å². The minimum absolute atomic E-state index is 0.120. The third-order valence-electron chi connectivity index (χ3n) is 3.59. The first-order chi connectivity index (χ1) is 12.0. The maximum atomic E-state index is 12.6. The average Bonchev–Trinajstić information content (AvgIpc) is 3.21. The van der Waals surface area contributed by atoms with E-state index in [-0.39, 0.29) is 18.6 Å². The van der Waals surface area contributed by atoms with E-state index < -0.39 is 0 Å². The average molecular weight is 341 g/mol. The van der Waals surface area contributed by atoms with Gasteiger partial charge in [0.05, 0.1) is 11.6 Å². The Balaban J connectivity index is 1.69. The summed E-state index contributed by atoms with van der Waals surface area (Å²) in [6, 6.07) is 10.5. The Hall–Kier alpha value is -3.09. The molecule has 7 nitrogen and oxygen atoms in total. The fourth-order valence-electron chi connectivity index (χ4n) is 2.35. The van der Waals surface area contributed by atoms with Gasteiger partial charge in [-0.3, -0.25) is 4.79 Å². The first-order valence-electron chi connectivity index (χ1n) is 7.91. The van der Waals surface area contributed by atoms with Crippen molar-refractivity contribution < 1.29 is 18.5 Å². The minimum atomic E-state index is -0.255. The Morgan fingerprint density at radius 3 is 2.72 bits per heavy atom. The summed E-state index contributed by atoms with van der Waals surface area (Å²) in [7, 11) is 0. The third kappa shape index (κ3) is 4.06. The fraction of sp³-hybridized carbons (Fsp3) is 0.278. The lowest BCUT2D eigenvalue weighted by molar-refractivity contribution is 0.0930. The van der Waals surface area contributed by atoms with Crippen LogP contribution in [0.2, 0.25) is 0 Å². The smallest absolute Gasteiger partial charge is 0.255 e. The van der Waals surface area contributed by atoms with E-state index in [4.69, 9.17) is 13.7 Å². The molecule has 1 aromatic carbocycles. The number of nitrogens with one attached hydrogen (secondary N) is 1. The Morgan fingerprint density at radius 2 is 2.04 bits per heavy atom. The molecular weight excluding hydrogens is 322 g/mol. The molecule has 0 bridgehead atoms. The summed E-state index contributed by atoms with van der Waals surface area (Å²) in [6.45, 7) is 5.55. The maximum Gasteiger partial charge on any atom is 0.255 e. The number of carbonyl (C=O) groups is 1. The second-order valence-electron chi connectivity index (χ2n) is 5.66.